The summed E-state index contributed by atoms with van der Waals surface area (Å²) in [7, 11) is 0. The van der Waals surface area contributed by atoms with E-state index in [0.717, 1.165) is 17.7 Å². The van der Waals surface area contributed by atoms with Gasteiger partial charge in [0.05, 0.1) is 0 Å². The molecule has 0 bridgehead atoms. The Hall–Kier alpha value is -2.04. The lowest BCUT2D eigenvalue weighted by Gasteiger charge is -2.17. The minimum atomic E-state index is -0.981. The van der Waals surface area contributed by atoms with Gasteiger partial charge in [0.15, 0.2) is 0 Å². The molecule has 0 fully saturated rings. The zero-order valence-electron chi connectivity index (χ0n) is 10.8. The van der Waals surface area contributed by atoms with Crippen LogP contribution in [-0.2, 0) is 16.0 Å². The van der Waals surface area contributed by atoms with Gasteiger partial charge in [-0.1, -0.05) is 31.5 Å². The zero-order chi connectivity index (χ0) is 13.8. The van der Waals surface area contributed by atoms with Gasteiger partial charge in [0.1, 0.15) is 12.1 Å². The van der Waals surface area contributed by atoms with E-state index < -0.39 is 12.0 Å². The summed E-state index contributed by atoms with van der Waals surface area (Å²) in [6.45, 7) is 1.89. The number of aliphatic carboxylic acids is 1. The van der Waals surface area contributed by atoms with Crippen molar-refractivity contribution in [1.29, 1.82) is 0 Å². The second-order valence-corrected chi connectivity index (χ2v) is 4.75. The lowest BCUT2D eigenvalue weighted by molar-refractivity contribution is -0.142. The summed E-state index contributed by atoms with van der Waals surface area (Å²) in [6.07, 6.45) is 1.76. The molecule has 1 aromatic rings. The minimum Gasteiger partial charge on any atom is -0.480 e. The van der Waals surface area contributed by atoms with Crippen molar-refractivity contribution in [2.24, 2.45) is 0 Å². The molecule has 19 heavy (non-hydrogen) atoms. The van der Waals surface area contributed by atoms with Gasteiger partial charge in [-0.05, 0) is 18.1 Å². The summed E-state index contributed by atoms with van der Waals surface area (Å²) in [4.78, 5) is 23.1. The highest BCUT2D eigenvalue weighted by Crippen LogP contribution is 2.25. The smallest absolute Gasteiger partial charge is 0.326 e. The van der Waals surface area contributed by atoms with Crippen LogP contribution in [0.1, 0.15) is 25.3 Å². The highest BCUT2D eigenvalue weighted by atomic mass is 16.4. The summed E-state index contributed by atoms with van der Waals surface area (Å²) in [5, 5.41) is 14.7. The fourth-order valence-electron chi connectivity index (χ4n) is 2.27. The molecule has 0 saturated carbocycles. The Morgan fingerprint density at radius 1 is 1.47 bits per heavy atom. The van der Waals surface area contributed by atoms with Crippen molar-refractivity contribution >= 4 is 17.6 Å². The Morgan fingerprint density at radius 2 is 2.21 bits per heavy atom. The Labute approximate surface area is 112 Å². The van der Waals surface area contributed by atoms with Crippen LogP contribution < -0.4 is 10.6 Å². The van der Waals surface area contributed by atoms with Crippen molar-refractivity contribution in [3.05, 3.63) is 29.8 Å². The molecule has 1 heterocycles. The first-order valence-corrected chi connectivity index (χ1v) is 6.49. The molecule has 0 aliphatic carbocycles. The van der Waals surface area contributed by atoms with Gasteiger partial charge in [-0.15, -0.1) is 0 Å². The van der Waals surface area contributed by atoms with E-state index in [0.29, 0.717) is 12.8 Å². The first-order valence-electron chi connectivity index (χ1n) is 6.49. The highest BCUT2D eigenvalue weighted by Gasteiger charge is 2.29. The molecule has 0 aromatic heterocycles. The van der Waals surface area contributed by atoms with E-state index in [9.17, 15) is 9.59 Å². The number of carbonyl (C=O) groups excluding carboxylic acids is 1. The van der Waals surface area contributed by atoms with Gasteiger partial charge in [-0.3, -0.25) is 4.79 Å². The quantitative estimate of drug-likeness (QED) is 0.749. The Balaban J connectivity index is 1.97. The van der Waals surface area contributed by atoms with Crippen molar-refractivity contribution in [2.75, 3.05) is 5.32 Å². The largest absolute Gasteiger partial charge is 0.480 e. The number of hydrogen-bond acceptors (Lipinski definition) is 3. The van der Waals surface area contributed by atoms with E-state index in [1.807, 2.05) is 31.2 Å². The number of rotatable bonds is 5. The molecule has 1 aliphatic rings. The topological polar surface area (TPSA) is 78.4 Å². The second kappa shape index (κ2) is 5.73. The van der Waals surface area contributed by atoms with Crippen molar-refractivity contribution in [1.82, 2.24) is 5.32 Å². The number of para-hydroxylation sites is 1. The Kier molecular flexibility index (Phi) is 4.04. The summed E-state index contributed by atoms with van der Waals surface area (Å²) in [5.41, 5.74) is 2.04. The number of nitrogens with one attached hydrogen (secondary N) is 2. The average molecular weight is 262 g/mol. The molecule has 2 rings (SSSR count). The maximum atomic E-state index is 12.1. The summed E-state index contributed by atoms with van der Waals surface area (Å²) < 4.78 is 0. The normalized spacial score (nSPS) is 18.3. The number of carboxylic acids is 1. The summed E-state index contributed by atoms with van der Waals surface area (Å²) in [6, 6.07) is 6.54. The molecule has 3 N–H and O–H groups in total. The molecule has 5 nitrogen and oxygen atoms in total. The van der Waals surface area contributed by atoms with Crippen LogP contribution in [0.25, 0.3) is 0 Å². The van der Waals surface area contributed by atoms with Gasteiger partial charge in [0.25, 0.3) is 0 Å². The van der Waals surface area contributed by atoms with Gasteiger partial charge in [-0.2, -0.15) is 0 Å². The van der Waals surface area contributed by atoms with E-state index in [-0.39, 0.29) is 11.9 Å². The van der Waals surface area contributed by atoms with Crippen LogP contribution in [0, 0.1) is 0 Å². The van der Waals surface area contributed by atoms with E-state index in [2.05, 4.69) is 10.6 Å². The molecule has 1 aliphatic heterocycles. The summed E-state index contributed by atoms with van der Waals surface area (Å²) in [5.74, 6) is -1.23. The maximum Gasteiger partial charge on any atom is 0.326 e. The van der Waals surface area contributed by atoms with Crippen molar-refractivity contribution < 1.29 is 14.7 Å². The SMILES string of the molecule is CCCC(NC(=O)C1Cc2ccccc2N1)C(=O)O. The predicted molar refractivity (Wildman–Crippen MR) is 72.0 cm³/mol. The molecule has 102 valence electrons. The number of hydrogen-bond donors (Lipinski definition) is 3. The number of fused-ring (bicyclic) bond motifs is 1. The third kappa shape index (κ3) is 3.05. The zero-order valence-corrected chi connectivity index (χ0v) is 10.8. The number of anilines is 1. The van der Waals surface area contributed by atoms with E-state index in [4.69, 9.17) is 5.11 Å². The lowest BCUT2D eigenvalue weighted by atomic mass is 10.1. The van der Waals surface area contributed by atoms with Crippen LogP contribution in [0.4, 0.5) is 5.69 Å². The van der Waals surface area contributed by atoms with E-state index >= 15 is 0 Å². The second-order valence-electron chi connectivity index (χ2n) is 4.75. The van der Waals surface area contributed by atoms with Crippen molar-refractivity contribution in [3.8, 4) is 0 Å². The first-order chi connectivity index (χ1) is 9.11. The predicted octanol–water partition coefficient (Wildman–Crippen LogP) is 1.39. The van der Waals surface area contributed by atoms with Crippen LogP contribution in [0.3, 0.4) is 0 Å². The monoisotopic (exact) mass is 262 g/mol. The highest BCUT2D eigenvalue weighted by molar-refractivity contribution is 5.90. The first kappa shape index (κ1) is 13.4. The van der Waals surface area contributed by atoms with Crippen LogP contribution in [0.2, 0.25) is 0 Å². The molecular weight excluding hydrogens is 244 g/mol. The lowest BCUT2D eigenvalue weighted by Crippen LogP contribution is -2.47. The third-order valence-corrected chi connectivity index (χ3v) is 3.28. The van der Waals surface area contributed by atoms with Crippen LogP contribution in [0.15, 0.2) is 24.3 Å². The summed E-state index contributed by atoms with van der Waals surface area (Å²) >= 11 is 0. The van der Waals surface area contributed by atoms with Crippen molar-refractivity contribution in [3.63, 3.8) is 0 Å². The van der Waals surface area contributed by atoms with E-state index in [1.165, 1.54) is 0 Å². The molecule has 0 radical (unpaired) electrons. The number of amides is 1. The fraction of sp³-hybridized carbons (Fsp3) is 0.429. The molecule has 0 spiro atoms. The Morgan fingerprint density at radius 3 is 2.84 bits per heavy atom. The van der Waals surface area contributed by atoms with Gasteiger partial charge in [0.2, 0.25) is 5.91 Å². The Bertz CT molecular complexity index is 462. The number of carbonyl (C=O) groups is 2. The fourth-order valence-corrected chi connectivity index (χ4v) is 2.27. The third-order valence-electron chi connectivity index (χ3n) is 3.28. The van der Waals surface area contributed by atoms with Crippen LogP contribution >= 0.6 is 0 Å². The molecule has 2 unspecified atom stereocenters. The van der Waals surface area contributed by atoms with Crippen molar-refractivity contribution in [2.45, 2.75) is 38.3 Å². The number of benzene rings is 1. The van der Waals surface area contributed by atoms with Gasteiger partial charge < -0.3 is 15.7 Å². The van der Waals surface area contributed by atoms with E-state index in [1.54, 1.807) is 0 Å². The maximum absolute atomic E-state index is 12.1. The molecule has 1 amide bonds. The molecule has 1 aromatic carbocycles. The molecular formula is C14H18N2O3. The van der Waals surface area contributed by atoms with Gasteiger partial charge >= 0.3 is 5.97 Å². The van der Waals surface area contributed by atoms with Crippen LogP contribution in [0.5, 0.6) is 0 Å². The molecule has 5 heteroatoms. The minimum absolute atomic E-state index is 0.253. The van der Waals surface area contributed by atoms with Gasteiger partial charge in [-0.25, -0.2) is 4.79 Å². The van der Waals surface area contributed by atoms with Crippen LogP contribution in [-0.4, -0.2) is 29.1 Å². The molecule has 0 saturated heterocycles. The standard InChI is InChI=1S/C14H18N2O3/c1-2-5-11(14(18)19)16-13(17)12-8-9-6-3-4-7-10(9)15-12/h3-4,6-7,11-12,15H,2,5,8H2,1H3,(H,16,17)(H,18,19). The van der Waals surface area contributed by atoms with Gasteiger partial charge in [0, 0.05) is 12.1 Å². The number of carboxylic acid groups (broad SMARTS) is 1. The molecule has 2 atom stereocenters. The average Bonchev–Trinajstić information content (AvgIpc) is 2.81.